The van der Waals surface area contributed by atoms with E-state index in [2.05, 4.69) is 15.0 Å². The molecule has 4 rings (SSSR count). The molecule has 0 saturated carbocycles. The molecular formula is C18H15N3O2. The SMILES string of the molecule is Cc1[nH]c2ccccc2c1C(=O)OCc1nc2ccccc2[nH]1. The van der Waals surface area contributed by atoms with Crippen molar-refractivity contribution >= 4 is 27.9 Å². The van der Waals surface area contributed by atoms with Crippen molar-refractivity contribution in [2.75, 3.05) is 0 Å². The van der Waals surface area contributed by atoms with Gasteiger partial charge in [0.15, 0.2) is 0 Å². The third-order valence-electron chi connectivity index (χ3n) is 3.88. The second kappa shape index (κ2) is 5.28. The molecule has 5 nitrogen and oxygen atoms in total. The van der Waals surface area contributed by atoms with Gasteiger partial charge in [-0.1, -0.05) is 30.3 Å². The Morgan fingerprint density at radius 1 is 1.04 bits per heavy atom. The lowest BCUT2D eigenvalue weighted by Gasteiger charge is -2.03. The number of aryl methyl sites for hydroxylation is 1. The van der Waals surface area contributed by atoms with Crippen LogP contribution in [0.2, 0.25) is 0 Å². The molecule has 0 unspecified atom stereocenters. The molecule has 0 amide bonds. The number of nitrogens with one attached hydrogen (secondary N) is 2. The number of ether oxygens (including phenoxy) is 1. The summed E-state index contributed by atoms with van der Waals surface area (Å²) in [6.45, 7) is 1.99. The molecule has 0 spiro atoms. The first-order valence-corrected chi connectivity index (χ1v) is 7.40. The van der Waals surface area contributed by atoms with Crippen LogP contribution >= 0.6 is 0 Å². The highest BCUT2D eigenvalue weighted by molar-refractivity contribution is 6.05. The Bertz CT molecular complexity index is 980. The van der Waals surface area contributed by atoms with E-state index >= 15 is 0 Å². The molecule has 0 bridgehead atoms. The fourth-order valence-electron chi connectivity index (χ4n) is 2.82. The lowest BCUT2D eigenvalue weighted by Crippen LogP contribution is -2.07. The number of rotatable bonds is 3. The molecule has 0 radical (unpaired) electrons. The van der Waals surface area contributed by atoms with Gasteiger partial charge in [0, 0.05) is 16.6 Å². The van der Waals surface area contributed by atoms with E-state index < -0.39 is 0 Å². The summed E-state index contributed by atoms with van der Waals surface area (Å²) in [6, 6.07) is 15.4. The van der Waals surface area contributed by atoms with Gasteiger partial charge >= 0.3 is 5.97 Å². The Kier molecular flexibility index (Phi) is 3.12. The van der Waals surface area contributed by atoms with E-state index in [0.717, 1.165) is 27.6 Å². The maximum Gasteiger partial charge on any atom is 0.341 e. The molecule has 0 saturated heterocycles. The minimum Gasteiger partial charge on any atom is -0.454 e. The lowest BCUT2D eigenvalue weighted by molar-refractivity contribution is 0.0465. The molecule has 2 aromatic heterocycles. The van der Waals surface area contributed by atoms with E-state index in [1.165, 1.54) is 0 Å². The predicted molar refractivity (Wildman–Crippen MR) is 88.2 cm³/mol. The smallest absolute Gasteiger partial charge is 0.341 e. The van der Waals surface area contributed by atoms with Crippen LogP contribution in [-0.2, 0) is 11.3 Å². The van der Waals surface area contributed by atoms with E-state index in [0.29, 0.717) is 11.4 Å². The zero-order valence-corrected chi connectivity index (χ0v) is 12.6. The van der Waals surface area contributed by atoms with Crippen molar-refractivity contribution in [3.05, 3.63) is 65.6 Å². The molecule has 2 aromatic carbocycles. The number of carbonyl (C=O) groups excluding carboxylic acids is 1. The number of H-pyrrole nitrogens is 2. The first-order valence-electron chi connectivity index (χ1n) is 7.40. The second-order valence-electron chi connectivity index (χ2n) is 5.45. The Morgan fingerprint density at radius 2 is 1.78 bits per heavy atom. The molecular weight excluding hydrogens is 290 g/mol. The number of hydrogen-bond donors (Lipinski definition) is 2. The predicted octanol–water partition coefficient (Wildman–Crippen LogP) is 3.71. The zero-order chi connectivity index (χ0) is 15.8. The van der Waals surface area contributed by atoms with Gasteiger partial charge in [0.2, 0.25) is 0 Å². The normalized spacial score (nSPS) is 11.2. The van der Waals surface area contributed by atoms with E-state index in [4.69, 9.17) is 4.74 Å². The summed E-state index contributed by atoms with van der Waals surface area (Å²) in [7, 11) is 0. The highest BCUT2D eigenvalue weighted by Gasteiger charge is 2.17. The topological polar surface area (TPSA) is 70.8 Å². The maximum absolute atomic E-state index is 12.4. The van der Waals surface area contributed by atoms with Crippen LogP contribution < -0.4 is 0 Å². The molecule has 2 N–H and O–H groups in total. The lowest BCUT2D eigenvalue weighted by atomic mass is 10.1. The largest absolute Gasteiger partial charge is 0.454 e. The van der Waals surface area contributed by atoms with Gasteiger partial charge in [-0.05, 0) is 25.1 Å². The summed E-state index contributed by atoms with van der Waals surface area (Å²) in [6.07, 6.45) is 0. The van der Waals surface area contributed by atoms with Crippen molar-refractivity contribution in [2.45, 2.75) is 13.5 Å². The number of aromatic amines is 2. The Labute approximate surface area is 132 Å². The van der Waals surface area contributed by atoms with Gasteiger partial charge in [0.25, 0.3) is 0 Å². The van der Waals surface area contributed by atoms with Crippen LogP contribution in [0, 0.1) is 6.92 Å². The van der Waals surface area contributed by atoms with Gasteiger partial charge in [0.1, 0.15) is 12.4 Å². The molecule has 0 aliphatic rings. The summed E-state index contributed by atoms with van der Waals surface area (Å²) in [5.74, 6) is 0.289. The van der Waals surface area contributed by atoms with E-state index in [1.54, 1.807) is 0 Å². The van der Waals surface area contributed by atoms with Crippen LogP contribution in [-0.4, -0.2) is 20.9 Å². The quantitative estimate of drug-likeness (QED) is 0.567. The fourth-order valence-corrected chi connectivity index (χ4v) is 2.82. The Hall–Kier alpha value is -3.08. The molecule has 0 fully saturated rings. The van der Waals surface area contributed by atoms with Crippen molar-refractivity contribution in [3.8, 4) is 0 Å². The summed E-state index contributed by atoms with van der Waals surface area (Å²) in [4.78, 5) is 23.2. The first-order chi connectivity index (χ1) is 11.2. The number of esters is 1. The van der Waals surface area contributed by atoms with Gasteiger partial charge in [-0.25, -0.2) is 9.78 Å². The van der Waals surface area contributed by atoms with E-state index in [9.17, 15) is 4.79 Å². The third-order valence-corrected chi connectivity index (χ3v) is 3.88. The number of imidazole rings is 1. The van der Waals surface area contributed by atoms with Gasteiger partial charge in [-0.2, -0.15) is 0 Å². The number of aromatic nitrogens is 3. The van der Waals surface area contributed by atoms with Crippen molar-refractivity contribution in [1.29, 1.82) is 0 Å². The first kappa shape index (κ1) is 13.6. The standard InChI is InChI=1S/C18H15N3O2/c1-11-17(12-6-2-3-7-13(12)19-11)18(22)23-10-16-20-14-8-4-5-9-15(14)21-16/h2-9,19H,10H2,1H3,(H,20,21). The summed E-state index contributed by atoms with van der Waals surface area (Å²) in [5, 5.41) is 0.875. The van der Waals surface area contributed by atoms with Crippen LogP contribution in [0.25, 0.3) is 21.9 Å². The summed E-state index contributed by atoms with van der Waals surface area (Å²) in [5.41, 5.74) is 4.11. The van der Waals surface area contributed by atoms with Crippen molar-refractivity contribution in [1.82, 2.24) is 15.0 Å². The minimum atomic E-state index is -0.347. The molecule has 23 heavy (non-hydrogen) atoms. The number of carbonyl (C=O) groups is 1. The highest BCUT2D eigenvalue weighted by Crippen LogP contribution is 2.23. The molecule has 0 atom stereocenters. The number of hydrogen-bond acceptors (Lipinski definition) is 3. The molecule has 0 aliphatic heterocycles. The zero-order valence-electron chi connectivity index (χ0n) is 12.6. The average Bonchev–Trinajstić information content (AvgIpc) is 3.12. The number of fused-ring (bicyclic) bond motifs is 2. The number of para-hydroxylation sites is 3. The monoisotopic (exact) mass is 305 g/mol. The van der Waals surface area contributed by atoms with Crippen LogP contribution in [0.4, 0.5) is 0 Å². The summed E-state index contributed by atoms with van der Waals surface area (Å²) >= 11 is 0. The minimum absolute atomic E-state index is 0.118. The van der Waals surface area contributed by atoms with Crippen molar-refractivity contribution in [2.24, 2.45) is 0 Å². The molecule has 5 heteroatoms. The second-order valence-corrected chi connectivity index (χ2v) is 5.45. The molecule has 114 valence electrons. The van der Waals surface area contributed by atoms with Gasteiger partial charge in [-0.15, -0.1) is 0 Å². The van der Waals surface area contributed by atoms with E-state index in [-0.39, 0.29) is 12.6 Å². The van der Waals surface area contributed by atoms with Crippen LogP contribution in [0.5, 0.6) is 0 Å². The van der Waals surface area contributed by atoms with Crippen LogP contribution in [0.3, 0.4) is 0 Å². The molecule has 2 heterocycles. The maximum atomic E-state index is 12.4. The average molecular weight is 305 g/mol. The Morgan fingerprint density at radius 3 is 2.61 bits per heavy atom. The van der Waals surface area contributed by atoms with Gasteiger partial charge in [-0.3, -0.25) is 0 Å². The number of benzene rings is 2. The highest BCUT2D eigenvalue weighted by atomic mass is 16.5. The molecule has 0 aliphatic carbocycles. The van der Waals surface area contributed by atoms with Gasteiger partial charge in [0.05, 0.1) is 16.6 Å². The third kappa shape index (κ3) is 2.36. The number of nitrogens with zero attached hydrogens (tertiary/aromatic N) is 1. The van der Waals surface area contributed by atoms with E-state index in [1.807, 2.05) is 55.5 Å². The fraction of sp³-hybridized carbons (Fsp3) is 0.111. The Balaban J connectivity index is 1.58. The van der Waals surface area contributed by atoms with Crippen molar-refractivity contribution < 1.29 is 9.53 Å². The molecule has 4 aromatic rings. The summed E-state index contributed by atoms with van der Waals surface area (Å²) < 4.78 is 5.44. The van der Waals surface area contributed by atoms with Crippen LogP contribution in [0.1, 0.15) is 21.9 Å². The van der Waals surface area contributed by atoms with Crippen LogP contribution in [0.15, 0.2) is 48.5 Å². The van der Waals surface area contributed by atoms with Crippen molar-refractivity contribution in [3.63, 3.8) is 0 Å². The van der Waals surface area contributed by atoms with Gasteiger partial charge < -0.3 is 14.7 Å².